The van der Waals surface area contributed by atoms with Gasteiger partial charge in [0.15, 0.2) is 0 Å². The lowest BCUT2D eigenvalue weighted by Gasteiger charge is -2.15. The smallest absolute Gasteiger partial charge is 0.416 e. The van der Waals surface area contributed by atoms with Crippen LogP contribution in [0.25, 0.3) is 11.0 Å². The standard InChI is InChI=1S/C22H22F3N3O4/c1-31-18-9-5-8-17-19(18)27(12-14-6-3-4-7-16(14)22(23,24)25)20(29)28(17)15-10-11-26(13-15)21(30)32-2/h3-9,15H,10-13H2,1-2H3. The molecule has 2 heterocycles. The molecule has 0 radical (unpaired) electrons. The Labute approximate surface area is 181 Å². The molecule has 3 aromatic rings. The molecular weight excluding hydrogens is 427 g/mol. The maximum absolute atomic E-state index is 13.5. The third-order valence-electron chi connectivity index (χ3n) is 5.78. The molecule has 1 saturated heterocycles. The number of para-hydroxylation sites is 1. The topological polar surface area (TPSA) is 65.7 Å². The molecule has 1 aliphatic rings. The lowest BCUT2D eigenvalue weighted by Crippen LogP contribution is -2.32. The summed E-state index contributed by atoms with van der Waals surface area (Å²) < 4.78 is 53.7. The third-order valence-corrected chi connectivity index (χ3v) is 5.78. The van der Waals surface area contributed by atoms with Gasteiger partial charge in [0.05, 0.1) is 37.9 Å². The van der Waals surface area contributed by atoms with Crippen LogP contribution in [0.5, 0.6) is 5.75 Å². The Hall–Kier alpha value is -3.43. The van der Waals surface area contributed by atoms with E-state index in [1.165, 1.54) is 46.5 Å². The summed E-state index contributed by atoms with van der Waals surface area (Å²) in [6.45, 7) is 0.408. The van der Waals surface area contributed by atoms with Gasteiger partial charge < -0.3 is 14.4 Å². The van der Waals surface area contributed by atoms with Crippen LogP contribution in [0.3, 0.4) is 0 Å². The Balaban J connectivity index is 1.86. The van der Waals surface area contributed by atoms with Crippen LogP contribution >= 0.6 is 0 Å². The van der Waals surface area contributed by atoms with Gasteiger partial charge >= 0.3 is 18.0 Å². The average molecular weight is 449 g/mol. The molecule has 2 aromatic carbocycles. The Kier molecular flexibility index (Phi) is 5.62. The molecule has 1 amide bonds. The van der Waals surface area contributed by atoms with Crippen molar-refractivity contribution in [3.05, 3.63) is 64.1 Å². The SMILES string of the molecule is COC(=O)N1CCC(n2c(=O)n(Cc3ccccc3C(F)(F)F)c3c(OC)cccc32)C1. The number of likely N-dealkylation sites (tertiary alicyclic amines) is 1. The zero-order valence-electron chi connectivity index (χ0n) is 17.6. The summed E-state index contributed by atoms with van der Waals surface area (Å²) in [5, 5.41) is 0. The van der Waals surface area contributed by atoms with Gasteiger partial charge in [0.25, 0.3) is 0 Å². The quantitative estimate of drug-likeness (QED) is 0.606. The number of alkyl halides is 3. The number of ether oxygens (including phenoxy) is 2. The van der Waals surface area contributed by atoms with E-state index in [0.29, 0.717) is 29.7 Å². The van der Waals surface area contributed by atoms with Gasteiger partial charge in [-0.15, -0.1) is 0 Å². The van der Waals surface area contributed by atoms with E-state index in [1.54, 1.807) is 18.2 Å². The van der Waals surface area contributed by atoms with Gasteiger partial charge in [-0.3, -0.25) is 9.13 Å². The van der Waals surface area contributed by atoms with Crippen molar-refractivity contribution in [2.24, 2.45) is 0 Å². The van der Waals surface area contributed by atoms with Crippen molar-refractivity contribution < 1.29 is 27.4 Å². The van der Waals surface area contributed by atoms with Crippen molar-refractivity contribution in [1.82, 2.24) is 14.0 Å². The number of hydrogen-bond donors (Lipinski definition) is 0. The number of imidazole rings is 1. The minimum atomic E-state index is -4.55. The van der Waals surface area contributed by atoms with Crippen LogP contribution in [0.4, 0.5) is 18.0 Å². The number of methoxy groups -OCH3 is 2. The van der Waals surface area contributed by atoms with E-state index in [0.717, 1.165) is 6.07 Å². The number of hydrogen-bond acceptors (Lipinski definition) is 4. The summed E-state index contributed by atoms with van der Waals surface area (Å²) in [5.41, 5.74) is -0.322. The average Bonchev–Trinajstić information content (AvgIpc) is 3.36. The van der Waals surface area contributed by atoms with Crippen molar-refractivity contribution in [2.75, 3.05) is 27.3 Å². The van der Waals surface area contributed by atoms with Crippen molar-refractivity contribution in [3.63, 3.8) is 0 Å². The summed E-state index contributed by atoms with van der Waals surface area (Å²) in [7, 11) is 2.73. The third kappa shape index (κ3) is 3.69. The van der Waals surface area contributed by atoms with Crippen LogP contribution in [-0.4, -0.2) is 47.4 Å². The minimum absolute atomic E-state index is 0.0188. The molecule has 1 aliphatic heterocycles. The number of halogens is 3. The Morgan fingerprint density at radius 1 is 1.12 bits per heavy atom. The van der Waals surface area contributed by atoms with E-state index < -0.39 is 23.5 Å². The molecule has 32 heavy (non-hydrogen) atoms. The molecule has 0 spiro atoms. The summed E-state index contributed by atoms with van der Waals surface area (Å²) in [6, 6.07) is 9.97. The second kappa shape index (κ2) is 8.25. The summed E-state index contributed by atoms with van der Waals surface area (Å²) in [5.74, 6) is 0.380. The maximum Gasteiger partial charge on any atom is 0.416 e. The Morgan fingerprint density at radius 3 is 2.56 bits per heavy atom. The lowest BCUT2D eigenvalue weighted by atomic mass is 10.1. The zero-order valence-corrected chi connectivity index (χ0v) is 17.6. The number of benzene rings is 2. The highest BCUT2D eigenvalue weighted by Gasteiger charge is 2.34. The number of carbonyl (C=O) groups is 1. The van der Waals surface area contributed by atoms with Gasteiger partial charge in [-0.1, -0.05) is 24.3 Å². The predicted molar refractivity (Wildman–Crippen MR) is 111 cm³/mol. The fourth-order valence-corrected chi connectivity index (χ4v) is 4.32. The molecule has 0 saturated carbocycles. The van der Waals surface area contributed by atoms with E-state index in [2.05, 4.69) is 0 Å². The first-order valence-electron chi connectivity index (χ1n) is 10.0. The van der Waals surface area contributed by atoms with E-state index in [9.17, 15) is 22.8 Å². The number of carbonyl (C=O) groups excluding carboxylic acids is 1. The second-order valence-corrected chi connectivity index (χ2v) is 7.58. The van der Waals surface area contributed by atoms with Crippen molar-refractivity contribution >= 4 is 17.1 Å². The van der Waals surface area contributed by atoms with Gasteiger partial charge in [-0.2, -0.15) is 13.2 Å². The molecule has 0 aliphatic carbocycles. The first kappa shape index (κ1) is 21.8. The highest BCUT2D eigenvalue weighted by molar-refractivity contribution is 5.83. The fraction of sp³-hybridized carbons (Fsp3) is 0.364. The van der Waals surface area contributed by atoms with Crippen molar-refractivity contribution in [1.29, 1.82) is 0 Å². The molecule has 1 unspecified atom stereocenters. The highest BCUT2D eigenvalue weighted by atomic mass is 19.4. The van der Waals surface area contributed by atoms with Gasteiger partial charge in [0.1, 0.15) is 11.3 Å². The van der Waals surface area contributed by atoms with E-state index in [4.69, 9.17) is 9.47 Å². The summed E-state index contributed by atoms with van der Waals surface area (Å²) in [4.78, 5) is 26.9. The Morgan fingerprint density at radius 2 is 1.88 bits per heavy atom. The van der Waals surface area contributed by atoms with Gasteiger partial charge in [0.2, 0.25) is 0 Å². The lowest BCUT2D eigenvalue weighted by molar-refractivity contribution is -0.138. The molecule has 1 atom stereocenters. The van der Waals surface area contributed by atoms with Crippen LogP contribution in [0.2, 0.25) is 0 Å². The van der Waals surface area contributed by atoms with E-state index >= 15 is 0 Å². The van der Waals surface area contributed by atoms with E-state index in [1.807, 2.05) is 0 Å². The van der Waals surface area contributed by atoms with Crippen LogP contribution in [0.1, 0.15) is 23.6 Å². The molecule has 7 nitrogen and oxygen atoms in total. The van der Waals surface area contributed by atoms with Crippen LogP contribution in [0, 0.1) is 0 Å². The minimum Gasteiger partial charge on any atom is -0.494 e. The normalized spacial score (nSPS) is 16.5. The van der Waals surface area contributed by atoms with Gasteiger partial charge in [-0.25, -0.2) is 9.59 Å². The number of aromatic nitrogens is 2. The molecule has 4 rings (SSSR count). The summed E-state index contributed by atoms with van der Waals surface area (Å²) in [6.07, 6.45) is -4.51. The zero-order chi connectivity index (χ0) is 23.0. The maximum atomic E-state index is 13.5. The number of fused-ring (bicyclic) bond motifs is 1. The molecular formula is C22H22F3N3O4. The first-order valence-corrected chi connectivity index (χ1v) is 10.0. The van der Waals surface area contributed by atoms with Crippen LogP contribution < -0.4 is 10.4 Å². The fourth-order valence-electron chi connectivity index (χ4n) is 4.32. The molecule has 170 valence electrons. The number of rotatable bonds is 4. The molecule has 10 heteroatoms. The second-order valence-electron chi connectivity index (χ2n) is 7.58. The van der Waals surface area contributed by atoms with Crippen LogP contribution in [0.15, 0.2) is 47.3 Å². The summed E-state index contributed by atoms with van der Waals surface area (Å²) >= 11 is 0. The number of amides is 1. The molecule has 0 N–H and O–H groups in total. The number of nitrogens with zero attached hydrogens (tertiary/aromatic N) is 3. The molecule has 1 aromatic heterocycles. The first-order chi connectivity index (χ1) is 15.3. The monoisotopic (exact) mass is 449 g/mol. The highest BCUT2D eigenvalue weighted by Crippen LogP contribution is 2.34. The van der Waals surface area contributed by atoms with Crippen molar-refractivity contribution in [3.8, 4) is 5.75 Å². The van der Waals surface area contributed by atoms with Gasteiger partial charge in [-0.05, 0) is 30.2 Å². The molecule has 1 fully saturated rings. The Bertz CT molecular complexity index is 1220. The largest absolute Gasteiger partial charge is 0.494 e. The van der Waals surface area contributed by atoms with Gasteiger partial charge in [0, 0.05) is 13.1 Å². The molecule has 0 bridgehead atoms. The predicted octanol–water partition coefficient (Wildman–Crippen LogP) is 3.89. The van der Waals surface area contributed by atoms with Crippen molar-refractivity contribution in [2.45, 2.75) is 25.2 Å². The van der Waals surface area contributed by atoms with E-state index in [-0.39, 0.29) is 24.7 Å². The van der Waals surface area contributed by atoms with Crippen LogP contribution in [-0.2, 0) is 17.5 Å².